The van der Waals surface area contributed by atoms with E-state index in [2.05, 4.69) is 4.90 Å². The number of sulfonamides is 1. The van der Waals surface area contributed by atoms with Crippen molar-refractivity contribution in [1.29, 1.82) is 0 Å². The summed E-state index contributed by atoms with van der Waals surface area (Å²) in [7, 11) is -2.06. The van der Waals surface area contributed by atoms with Gasteiger partial charge in [-0.1, -0.05) is 12.1 Å². The summed E-state index contributed by atoms with van der Waals surface area (Å²) in [6.07, 6.45) is 0.0667. The largest absolute Gasteiger partial charge is 0.497 e. The zero-order chi connectivity index (χ0) is 16.7. The summed E-state index contributed by atoms with van der Waals surface area (Å²) >= 11 is 0. The fraction of sp³-hybridized carbons (Fsp3) is 0.294. The van der Waals surface area contributed by atoms with Gasteiger partial charge in [0.15, 0.2) is 6.23 Å². The molecule has 1 fully saturated rings. The Morgan fingerprint density at radius 3 is 2.33 bits per heavy atom. The molecule has 2 heterocycles. The predicted octanol–water partition coefficient (Wildman–Crippen LogP) is 2.07. The first-order chi connectivity index (χ1) is 11.6. The van der Waals surface area contributed by atoms with Gasteiger partial charge in [-0.2, -0.15) is 0 Å². The number of fused-ring (bicyclic) bond motifs is 1. The fourth-order valence-corrected chi connectivity index (χ4v) is 4.47. The lowest BCUT2D eigenvalue weighted by Gasteiger charge is -2.37. The second-order valence-electron chi connectivity index (χ2n) is 5.72. The van der Waals surface area contributed by atoms with Crippen molar-refractivity contribution in [2.75, 3.05) is 36.0 Å². The number of epoxide rings is 1. The van der Waals surface area contributed by atoms with Crippen LogP contribution in [0, 0.1) is 0 Å². The molecule has 24 heavy (non-hydrogen) atoms. The van der Waals surface area contributed by atoms with Crippen LogP contribution < -0.4 is 13.9 Å². The van der Waals surface area contributed by atoms with E-state index in [4.69, 9.17) is 9.47 Å². The molecule has 6 nitrogen and oxygen atoms in total. The summed E-state index contributed by atoms with van der Waals surface area (Å²) in [6, 6.07) is 14.0. The summed E-state index contributed by atoms with van der Waals surface area (Å²) in [6.45, 7) is 1.70. The number of para-hydroxylation sites is 2. The van der Waals surface area contributed by atoms with Gasteiger partial charge in [0.2, 0.25) is 0 Å². The predicted molar refractivity (Wildman–Crippen MR) is 91.1 cm³/mol. The molecule has 4 rings (SSSR count). The number of ether oxygens (including phenoxy) is 2. The fourth-order valence-electron chi connectivity index (χ4n) is 3.00. The first-order valence-electron chi connectivity index (χ1n) is 7.75. The Hall–Kier alpha value is -2.25. The third-order valence-corrected chi connectivity index (χ3v) is 6.14. The molecule has 0 amide bonds. The molecule has 0 aromatic heterocycles. The van der Waals surface area contributed by atoms with Gasteiger partial charge in [-0.3, -0.25) is 4.31 Å². The normalized spacial score (nSPS) is 19.8. The van der Waals surface area contributed by atoms with Crippen molar-refractivity contribution in [2.24, 2.45) is 0 Å². The second-order valence-corrected chi connectivity index (χ2v) is 7.59. The number of methoxy groups -OCH3 is 1. The maximum Gasteiger partial charge on any atom is 0.264 e. The van der Waals surface area contributed by atoms with E-state index < -0.39 is 10.0 Å². The molecular formula is C17H18N2O4S. The van der Waals surface area contributed by atoms with Gasteiger partial charge in [0.05, 0.1) is 36.5 Å². The van der Waals surface area contributed by atoms with Crippen molar-refractivity contribution >= 4 is 21.4 Å². The highest BCUT2D eigenvalue weighted by atomic mass is 32.2. The van der Waals surface area contributed by atoms with Crippen LogP contribution in [-0.2, 0) is 14.8 Å². The van der Waals surface area contributed by atoms with Crippen molar-refractivity contribution in [1.82, 2.24) is 0 Å². The van der Waals surface area contributed by atoms with Crippen LogP contribution in [0.3, 0.4) is 0 Å². The Morgan fingerprint density at radius 2 is 1.71 bits per heavy atom. The number of benzene rings is 2. The molecule has 1 atom stereocenters. The first-order valence-corrected chi connectivity index (χ1v) is 9.19. The molecule has 0 radical (unpaired) electrons. The molecule has 126 valence electrons. The van der Waals surface area contributed by atoms with E-state index in [9.17, 15) is 8.42 Å². The summed E-state index contributed by atoms with van der Waals surface area (Å²) in [5.41, 5.74) is 1.58. The van der Waals surface area contributed by atoms with Crippen LogP contribution >= 0.6 is 0 Å². The summed E-state index contributed by atoms with van der Waals surface area (Å²) < 4.78 is 38.1. The van der Waals surface area contributed by atoms with E-state index >= 15 is 0 Å². The second kappa shape index (κ2) is 5.68. The average molecular weight is 346 g/mol. The highest BCUT2D eigenvalue weighted by Crippen LogP contribution is 2.39. The molecule has 2 aliphatic heterocycles. The number of nitrogens with zero attached hydrogens (tertiary/aromatic N) is 2. The van der Waals surface area contributed by atoms with Crippen LogP contribution in [0.25, 0.3) is 0 Å². The lowest BCUT2D eigenvalue weighted by Crippen LogP contribution is -2.45. The third-order valence-electron chi connectivity index (χ3n) is 4.31. The van der Waals surface area contributed by atoms with E-state index in [0.29, 0.717) is 31.1 Å². The molecule has 0 saturated carbocycles. The van der Waals surface area contributed by atoms with E-state index in [1.54, 1.807) is 31.4 Å². The van der Waals surface area contributed by atoms with Crippen LogP contribution in [0.4, 0.5) is 11.4 Å². The maximum atomic E-state index is 13.1. The molecule has 1 unspecified atom stereocenters. The molecule has 0 N–H and O–H groups in total. The molecule has 2 aliphatic rings. The standard InChI is InChI=1S/C17H18N2O4S/c1-22-13-6-8-14(9-7-13)24(20,21)19-11-10-18(17-12-23-17)15-4-2-3-5-16(15)19/h2-9,17H,10-12H2,1H3. The van der Waals surface area contributed by atoms with E-state index in [-0.39, 0.29) is 11.1 Å². The zero-order valence-corrected chi connectivity index (χ0v) is 14.1. The van der Waals surface area contributed by atoms with Crippen molar-refractivity contribution in [2.45, 2.75) is 11.1 Å². The molecule has 7 heteroatoms. The molecule has 0 bridgehead atoms. The molecule has 2 aromatic carbocycles. The SMILES string of the molecule is COc1ccc(S(=O)(=O)N2CCN(C3CO3)c3ccccc32)cc1. The summed E-state index contributed by atoms with van der Waals surface area (Å²) in [4.78, 5) is 2.38. The number of hydrogen-bond acceptors (Lipinski definition) is 5. The highest BCUT2D eigenvalue weighted by Gasteiger charge is 2.38. The monoisotopic (exact) mass is 346 g/mol. The third kappa shape index (κ3) is 2.50. The highest BCUT2D eigenvalue weighted by molar-refractivity contribution is 7.92. The van der Waals surface area contributed by atoms with E-state index in [1.807, 2.05) is 24.3 Å². The van der Waals surface area contributed by atoms with Gasteiger partial charge < -0.3 is 14.4 Å². The minimum atomic E-state index is -3.62. The van der Waals surface area contributed by atoms with E-state index in [1.165, 1.54) is 4.31 Å². The first kappa shape index (κ1) is 15.3. The van der Waals surface area contributed by atoms with Crippen LogP contribution in [0.2, 0.25) is 0 Å². The van der Waals surface area contributed by atoms with Crippen molar-refractivity contribution < 1.29 is 17.9 Å². The molecule has 0 aliphatic carbocycles. The number of anilines is 2. The Labute approximate surface area is 141 Å². The van der Waals surface area contributed by atoms with Crippen molar-refractivity contribution in [3.8, 4) is 5.75 Å². The molecular weight excluding hydrogens is 328 g/mol. The van der Waals surface area contributed by atoms with E-state index in [0.717, 1.165) is 5.69 Å². The summed E-state index contributed by atoms with van der Waals surface area (Å²) in [5, 5.41) is 0. The lowest BCUT2D eigenvalue weighted by atomic mass is 10.2. The Kier molecular flexibility index (Phi) is 3.62. The van der Waals surface area contributed by atoms with Gasteiger partial charge in [0, 0.05) is 6.54 Å². The quantitative estimate of drug-likeness (QED) is 0.793. The number of hydrogen-bond donors (Lipinski definition) is 0. The molecule has 0 spiro atoms. The van der Waals surface area contributed by atoms with Gasteiger partial charge in [0.1, 0.15) is 5.75 Å². The van der Waals surface area contributed by atoms with Gasteiger partial charge in [-0.15, -0.1) is 0 Å². The Balaban J connectivity index is 1.73. The van der Waals surface area contributed by atoms with Crippen LogP contribution in [0.15, 0.2) is 53.4 Å². The van der Waals surface area contributed by atoms with Crippen molar-refractivity contribution in [3.63, 3.8) is 0 Å². The summed E-state index contributed by atoms with van der Waals surface area (Å²) in [5.74, 6) is 0.630. The minimum absolute atomic E-state index is 0.0667. The smallest absolute Gasteiger partial charge is 0.264 e. The van der Waals surface area contributed by atoms with Crippen LogP contribution in [-0.4, -0.2) is 41.5 Å². The molecule has 1 saturated heterocycles. The minimum Gasteiger partial charge on any atom is -0.497 e. The van der Waals surface area contributed by atoms with Gasteiger partial charge in [0.25, 0.3) is 10.0 Å². The number of rotatable bonds is 4. The van der Waals surface area contributed by atoms with Crippen LogP contribution in [0.5, 0.6) is 5.75 Å². The Morgan fingerprint density at radius 1 is 1.04 bits per heavy atom. The maximum absolute atomic E-state index is 13.1. The van der Waals surface area contributed by atoms with Gasteiger partial charge >= 0.3 is 0 Å². The Bertz CT molecular complexity index is 847. The zero-order valence-electron chi connectivity index (χ0n) is 13.3. The molecule has 2 aromatic rings. The van der Waals surface area contributed by atoms with Gasteiger partial charge in [-0.05, 0) is 36.4 Å². The topological polar surface area (TPSA) is 62.4 Å². The van der Waals surface area contributed by atoms with Crippen molar-refractivity contribution in [3.05, 3.63) is 48.5 Å². The van der Waals surface area contributed by atoms with Crippen LogP contribution in [0.1, 0.15) is 0 Å². The lowest BCUT2D eigenvalue weighted by molar-refractivity contribution is 0.397. The van der Waals surface area contributed by atoms with Gasteiger partial charge in [-0.25, -0.2) is 8.42 Å². The average Bonchev–Trinajstić information content (AvgIpc) is 3.45.